The Kier molecular flexibility index (Phi) is 2.28. The normalized spacial score (nSPS) is 23.3. The Balaban J connectivity index is 1.71. The summed E-state index contributed by atoms with van der Waals surface area (Å²) >= 11 is 0. The summed E-state index contributed by atoms with van der Waals surface area (Å²) < 4.78 is 0. The van der Waals surface area contributed by atoms with E-state index in [4.69, 9.17) is 0 Å². The molecule has 0 spiro atoms. The van der Waals surface area contributed by atoms with Gasteiger partial charge in [0.1, 0.15) is 0 Å². The molecular formula is C16H20N2. The second kappa shape index (κ2) is 3.86. The Labute approximate surface area is 108 Å². The van der Waals surface area contributed by atoms with Gasteiger partial charge in [0.05, 0.1) is 0 Å². The second-order valence-corrected chi connectivity index (χ2v) is 6.01. The lowest BCUT2D eigenvalue weighted by atomic mass is 9.91. The highest BCUT2D eigenvalue weighted by Gasteiger charge is 2.28. The highest BCUT2D eigenvalue weighted by molar-refractivity contribution is 5.85. The van der Waals surface area contributed by atoms with Gasteiger partial charge in [0.25, 0.3) is 0 Å². The lowest BCUT2D eigenvalue weighted by Gasteiger charge is -2.23. The molecule has 0 bridgehead atoms. The summed E-state index contributed by atoms with van der Waals surface area (Å²) in [5.41, 5.74) is 5.72. The van der Waals surface area contributed by atoms with Crippen molar-refractivity contribution in [3.8, 4) is 0 Å². The van der Waals surface area contributed by atoms with E-state index in [9.17, 15) is 0 Å². The van der Waals surface area contributed by atoms with Crippen LogP contribution in [0.4, 0.5) is 0 Å². The molecule has 1 aromatic heterocycles. The predicted molar refractivity (Wildman–Crippen MR) is 75.0 cm³/mol. The van der Waals surface area contributed by atoms with E-state index in [-0.39, 0.29) is 0 Å². The highest BCUT2D eigenvalue weighted by atomic mass is 15.0. The maximum atomic E-state index is 3.79. The van der Waals surface area contributed by atoms with E-state index < -0.39 is 0 Å². The van der Waals surface area contributed by atoms with Crippen LogP contribution in [0, 0.1) is 6.92 Å². The Morgan fingerprint density at radius 3 is 2.89 bits per heavy atom. The van der Waals surface area contributed by atoms with Gasteiger partial charge in [0, 0.05) is 28.7 Å². The van der Waals surface area contributed by atoms with Gasteiger partial charge in [-0.1, -0.05) is 11.6 Å². The fourth-order valence-corrected chi connectivity index (χ4v) is 3.26. The monoisotopic (exact) mass is 240 g/mol. The summed E-state index contributed by atoms with van der Waals surface area (Å²) in [5.74, 6) is 0. The number of aryl methyl sites for hydroxylation is 2. The first kappa shape index (κ1) is 10.6. The molecule has 1 atom stereocenters. The number of hydrogen-bond acceptors (Lipinski definition) is 1. The standard InChI is InChI=1S/C16H20N2/c1-10-2-6-15-13(8-10)14-9-12(17-11-3-4-11)5-7-16(14)18-15/h2,6,8,11-12,17-18H,3-5,7,9H2,1H3. The van der Waals surface area contributed by atoms with Crippen LogP contribution in [0.3, 0.4) is 0 Å². The number of aromatic amines is 1. The molecule has 94 valence electrons. The van der Waals surface area contributed by atoms with Crippen LogP contribution in [-0.4, -0.2) is 17.1 Å². The van der Waals surface area contributed by atoms with Gasteiger partial charge in [-0.05, 0) is 56.7 Å². The van der Waals surface area contributed by atoms with Crippen molar-refractivity contribution in [2.45, 2.75) is 51.1 Å². The van der Waals surface area contributed by atoms with Crippen LogP contribution in [0.2, 0.25) is 0 Å². The molecule has 1 fully saturated rings. The minimum atomic E-state index is 0.699. The van der Waals surface area contributed by atoms with Crippen molar-refractivity contribution >= 4 is 10.9 Å². The third kappa shape index (κ3) is 1.76. The van der Waals surface area contributed by atoms with Crippen LogP contribution in [0.1, 0.15) is 36.1 Å². The summed E-state index contributed by atoms with van der Waals surface area (Å²) in [6, 6.07) is 8.29. The number of hydrogen-bond donors (Lipinski definition) is 2. The van der Waals surface area contributed by atoms with Crippen molar-refractivity contribution in [2.24, 2.45) is 0 Å². The number of H-pyrrole nitrogens is 1. The zero-order valence-corrected chi connectivity index (χ0v) is 10.9. The molecule has 1 unspecified atom stereocenters. The van der Waals surface area contributed by atoms with Crippen LogP contribution in [0.5, 0.6) is 0 Å². The Hall–Kier alpha value is -1.28. The smallest absolute Gasteiger partial charge is 0.0459 e. The molecule has 0 amide bonds. The molecule has 0 radical (unpaired) electrons. The molecule has 1 aromatic carbocycles. The van der Waals surface area contributed by atoms with E-state index in [0.29, 0.717) is 6.04 Å². The number of benzene rings is 1. The van der Waals surface area contributed by atoms with Gasteiger partial charge >= 0.3 is 0 Å². The van der Waals surface area contributed by atoms with E-state index in [1.807, 2.05) is 0 Å². The Morgan fingerprint density at radius 2 is 2.06 bits per heavy atom. The maximum absolute atomic E-state index is 3.79. The maximum Gasteiger partial charge on any atom is 0.0459 e. The van der Waals surface area contributed by atoms with Crippen molar-refractivity contribution in [1.82, 2.24) is 10.3 Å². The fraction of sp³-hybridized carbons (Fsp3) is 0.500. The number of rotatable bonds is 2. The zero-order chi connectivity index (χ0) is 12.1. The molecule has 2 N–H and O–H groups in total. The molecule has 18 heavy (non-hydrogen) atoms. The molecule has 2 aromatic rings. The first-order valence-electron chi connectivity index (χ1n) is 7.16. The second-order valence-electron chi connectivity index (χ2n) is 6.01. The van der Waals surface area contributed by atoms with Gasteiger partial charge in [-0.3, -0.25) is 0 Å². The molecule has 1 heterocycles. The lowest BCUT2D eigenvalue weighted by molar-refractivity contribution is 0.455. The van der Waals surface area contributed by atoms with Crippen LogP contribution in [0.25, 0.3) is 10.9 Å². The highest BCUT2D eigenvalue weighted by Crippen LogP contribution is 2.31. The van der Waals surface area contributed by atoms with Crippen molar-refractivity contribution in [3.63, 3.8) is 0 Å². The van der Waals surface area contributed by atoms with E-state index in [1.54, 1.807) is 5.56 Å². The van der Waals surface area contributed by atoms with Crippen LogP contribution < -0.4 is 5.32 Å². The van der Waals surface area contributed by atoms with Crippen LogP contribution in [-0.2, 0) is 12.8 Å². The summed E-state index contributed by atoms with van der Waals surface area (Å²) in [5, 5.41) is 5.24. The first-order chi connectivity index (χ1) is 8.79. The Bertz CT molecular complexity index is 592. The number of nitrogens with one attached hydrogen (secondary N) is 2. The van der Waals surface area contributed by atoms with Crippen molar-refractivity contribution in [1.29, 1.82) is 0 Å². The third-order valence-corrected chi connectivity index (χ3v) is 4.39. The average Bonchev–Trinajstić information content (AvgIpc) is 3.10. The summed E-state index contributed by atoms with van der Waals surface area (Å²) in [6.07, 6.45) is 6.46. The number of fused-ring (bicyclic) bond motifs is 3. The molecule has 2 heteroatoms. The minimum Gasteiger partial charge on any atom is -0.358 e. The van der Waals surface area contributed by atoms with Gasteiger partial charge in [-0.25, -0.2) is 0 Å². The SMILES string of the molecule is Cc1ccc2[nH]c3c(c2c1)CC(NC1CC1)CC3. The van der Waals surface area contributed by atoms with Crippen molar-refractivity contribution in [3.05, 3.63) is 35.0 Å². The molecule has 1 saturated carbocycles. The van der Waals surface area contributed by atoms with Crippen LogP contribution in [0.15, 0.2) is 18.2 Å². The molecule has 2 nitrogen and oxygen atoms in total. The average molecular weight is 240 g/mol. The summed E-state index contributed by atoms with van der Waals surface area (Å²) in [4.78, 5) is 3.60. The summed E-state index contributed by atoms with van der Waals surface area (Å²) in [7, 11) is 0. The van der Waals surface area contributed by atoms with Gasteiger partial charge in [-0.15, -0.1) is 0 Å². The topological polar surface area (TPSA) is 27.8 Å². The molecular weight excluding hydrogens is 220 g/mol. The van der Waals surface area contributed by atoms with Gasteiger partial charge in [0.15, 0.2) is 0 Å². The molecule has 0 saturated heterocycles. The fourth-order valence-electron chi connectivity index (χ4n) is 3.26. The molecule has 4 rings (SSSR count). The summed E-state index contributed by atoms with van der Waals surface area (Å²) in [6.45, 7) is 2.18. The van der Waals surface area contributed by atoms with E-state index >= 15 is 0 Å². The van der Waals surface area contributed by atoms with Crippen molar-refractivity contribution < 1.29 is 0 Å². The van der Waals surface area contributed by atoms with Gasteiger partial charge < -0.3 is 10.3 Å². The largest absolute Gasteiger partial charge is 0.358 e. The van der Waals surface area contributed by atoms with E-state index in [2.05, 4.69) is 35.4 Å². The van der Waals surface area contributed by atoms with E-state index in [0.717, 1.165) is 6.04 Å². The number of aromatic nitrogens is 1. The van der Waals surface area contributed by atoms with Crippen LogP contribution >= 0.6 is 0 Å². The molecule has 2 aliphatic rings. The first-order valence-corrected chi connectivity index (χ1v) is 7.16. The van der Waals surface area contributed by atoms with Crippen molar-refractivity contribution in [2.75, 3.05) is 0 Å². The quantitative estimate of drug-likeness (QED) is 0.829. The predicted octanol–water partition coefficient (Wildman–Crippen LogP) is 3.09. The van der Waals surface area contributed by atoms with E-state index in [1.165, 1.54) is 54.3 Å². The third-order valence-electron chi connectivity index (χ3n) is 4.39. The van der Waals surface area contributed by atoms with Gasteiger partial charge in [-0.2, -0.15) is 0 Å². The zero-order valence-electron chi connectivity index (χ0n) is 10.9. The molecule has 2 aliphatic carbocycles. The molecule has 0 aliphatic heterocycles. The Morgan fingerprint density at radius 1 is 1.17 bits per heavy atom. The lowest BCUT2D eigenvalue weighted by Crippen LogP contribution is -2.35. The minimum absolute atomic E-state index is 0.699. The van der Waals surface area contributed by atoms with Gasteiger partial charge in [0.2, 0.25) is 0 Å².